The Kier molecular flexibility index (Phi) is 4.94. The molecule has 6 nitrogen and oxygen atoms in total. The Balaban J connectivity index is 1.70. The van der Waals surface area contributed by atoms with E-state index in [1.54, 1.807) is 28.6 Å². The second kappa shape index (κ2) is 7.78. The van der Waals surface area contributed by atoms with E-state index in [0.29, 0.717) is 23.7 Å². The van der Waals surface area contributed by atoms with Gasteiger partial charge >= 0.3 is 0 Å². The first-order chi connectivity index (χ1) is 15.0. The highest BCUT2D eigenvalue weighted by Crippen LogP contribution is 2.30. The van der Waals surface area contributed by atoms with Crippen molar-refractivity contribution < 1.29 is 5.11 Å². The zero-order chi connectivity index (χ0) is 21.5. The number of aliphatic hydroxyl groups is 1. The first-order valence-electron chi connectivity index (χ1n) is 10.8. The molecule has 1 fully saturated rings. The van der Waals surface area contributed by atoms with Gasteiger partial charge in [0.25, 0.3) is 5.56 Å². The lowest BCUT2D eigenvalue weighted by atomic mass is 9.92. The molecule has 2 atom stereocenters. The molecule has 0 saturated heterocycles. The highest BCUT2D eigenvalue weighted by molar-refractivity contribution is 6.06. The molecule has 0 amide bonds. The number of aliphatic hydroxyl groups excluding tert-OH is 1. The Morgan fingerprint density at radius 3 is 2.58 bits per heavy atom. The summed E-state index contributed by atoms with van der Waals surface area (Å²) in [6.45, 7) is 0. The van der Waals surface area contributed by atoms with Crippen LogP contribution in [0.1, 0.15) is 42.9 Å². The molecule has 6 heteroatoms. The maximum atomic E-state index is 13.5. The third-order valence-electron chi connectivity index (χ3n) is 6.47. The number of nitrogens with zero attached hydrogens (tertiary/aromatic N) is 3. The Labute approximate surface area is 179 Å². The van der Waals surface area contributed by atoms with Crippen molar-refractivity contribution in [3.8, 4) is 0 Å². The van der Waals surface area contributed by atoms with Crippen molar-refractivity contribution in [2.24, 2.45) is 7.05 Å². The largest absolute Gasteiger partial charge is 0.391 e. The molecule has 0 bridgehead atoms. The lowest BCUT2D eigenvalue weighted by Crippen LogP contribution is -2.34. The minimum absolute atomic E-state index is 0.0507. The van der Waals surface area contributed by atoms with Crippen LogP contribution in [0.2, 0.25) is 0 Å². The van der Waals surface area contributed by atoms with Gasteiger partial charge in [0.15, 0.2) is 0 Å². The zero-order valence-corrected chi connectivity index (χ0v) is 17.5. The molecule has 4 aromatic rings. The molecule has 0 radical (unpaired) electrons. The summed E-state index contributed by atoms with van der Waals surface area (Å²) in [6, 6.07) is 13.1. The summed E-state index contributed by atoms with van der Waals surface area (Å²) < 4.78 is 3.19. The van der Waals surface area contributed by atoms with Crippen LogP contribution in [0.25, 0.3) is 21.7 Å². The maximum absolute atomic E-state index is 13.5. The summed E-state index contributed by atoms with van der Waals surface area (Å²) in [5.74, 6) is 0. The maximum Gasteiger partial charge on any atom is 0.261 e. The van der Waals surface area contributed by atoms with Gasteiger partial charge in [-0.2, -0.15) is 0 Å². The molecule has 2 heterocycles. The van der Waals surface area contributed by atoms with Crippen LogP contribution in [0, 0.1) is 0 Å². The van der Waals surface area contributed by atoms with Crippen LogP contribution in [0.15, 0.2) is 64.6 Å². The van der Waals surface area contributed by atoms with Gasteiger partial charge in [0, 0.05) is 24.7 Å². The van der Waals surface area contributed by atoms with Crippen molar-refractivity contribution in [2.45, 2.75) is 44.2 Å². The predicted octanol–water partition coefficient (Wildman–Crippen LogP) is 3.32. The quantitative estimate of drug-likeness (QED) is 0.521. The Morgan fingerprint density at radius 1 is 1.03 bits per heavy atom. The first kappa shape index (κ1) is 19.7. The van der Waals surface area contributed by atoms with Gasteiger partial charge in [0.2, 0.25) is 5.56 Å². The lowest BCUT2D eigenvalue weighted by molar-refractivity contribution is 0.0735. The Morgan fingerprint density at radius 2 is 1.81 bits per heavy atom. The molecule has 5 rings (SSSR count). The van der Waals surface area contributed by atoms with Crippen molar-refractivity contribution >= 4 is 21.7 Å². The van der Waals surface area contributed by atoms with Crippen molar-refractivity contribution in [3.63, 3.8) is 0 Å². The van der Waals surface area contributed by atoms with Crippen molar-refractivity contribution in [1.29, 1.82) is 0 Å². The van der Waals surface area contributed by atoms with Crippen LogP contribution in [0.4, 0.5) is 0 Å². The average Bonchev–Trinajstić information content (AvgIpc) is 2.78. The molecule has 1 saturated carbocycles. The lowest BCUT2D eigenvalue weighted by Gasteiger charge is -2.29. The minimum atomic E-state index is -0.517. The minimum Gasteiger partial charge on any atom is -0.391 e. The summed E-state index contributed by atoms with van der Waals surface area (Å²) >= 11 is 0. The smallest absolute Gasteiger partial charge is 0.261 e. The van der Waals surface area contributed by atoms with Crippen LogP contribution in [-0.2, 0) is 13.5 Å². The Bertz CT molecular complexity index is 1400. The number of benzene rings is 2. The average molecular weight is 415 g/mol. The summed E-state index contributed by atoms with van der Waals surface area (Å²) in [5, 5.41) is 13.0. The van der Waals surface area contributed by atoms with E-state index < -0.39 is 6.10 Å². The SMILES string of the molecule is Cn1cc(Cc2cc3c(=O)n([C@@H]4CCCC[C@H]4O)cnc3c3ccccc23)ccc1=O. The normalized spacial score (nSPS) is 19.2. The molecule has 1 aliphatic rings. The van der Waals surface area contributed by atoms with E-state index in [-0.39, 0.29) is 17.2 Å². The molecule has 1 N–H and O–H groups in total. The van der Waals surface area contributed by atoms with Gasteiger partial charge in [-0.1, -0.05) is 43.2 Å². The Hall–Kier alpha value is -3.25. The van der Waals surface area contributed by atoms with E-state index >= 15 is 0 Å². The first-order valence-corrected chi connectivity index (χ1v) is 10.8. The topological polar surface area (TPSA) is 77.1 Å². The molecule has 31 heavy (non-hydrogen) atoms. The molecule has 1 aliphatic carbocycles. The second-order valence-corrected chi connectivity index (χ2v) is 8.52. The van der Waals surface area contributed by atoms with Crippen LogP contribution >= 0.6 is 0 Å². The summed E-state index contributed by atoms with van der Waals surface area (Å²) in [7, 11) is 1.74. The fourth-order valence-electron chi connectivity index (χ4n) is 4.82. The van der Waals surface area contributed by atoms with E-state index in [9.17, 15) is 14.7 Å². The van der Waals surface area contributed by atoms with E-state index in [4.69, 9.17) is 0 Å². The summed E-state index contributed by atoms with van der Waals surface area (Å²) in [6.07, 6.45) is 7.01. The number of hydrogen-bond acceptors (Lipinski definition) is 4. The van der Waals surface area contributed by atoms with Gasteiger partial charge in [0.05, 0.1) is 29.4 Å². The number of rotatable bonds is 3. The fourth-order valence-corrected chi connectivity index (χ4v) is 4.82. The number of hydrogen-bond donors (Lipinski definition) is 1. The van der Waals surface area contributed by atoms with Gasteiger partial charge < -0.3 is 9.67 Å². The summed E-state index contributed by atoms with van der Waals surface area (Å²) in [5.41, 5.74) is 2.54. The van der Waals surface area contributed by atoms with Gasteiger partial charge in [-0.15, -0.1) is 0 Å². The molecule has 2 aromatic carbocycles. The molecule has 158 valence electrons. The van der Waals surface area contributed by atoms with E-state index in [2.05, 4.69) is 4.98 Å². The third kappa shape index (κ3) is 3.47. The molecular weight excluding hydrogens is 390 g/mol. The number of fused-ring (bicyclic) bond motifs is 3. The molecular formula is C25H25N3O3. The second-order valence-electron chi connectivity index (χ2n) is 8.52. The standard InChI is InChI=1S/C25H25N3O3/c1-27-14-16(10-11-23(27)30)12-17-13-20-24(19-7-3-2-6-18(17)19)26-15-28(25(20)31)21-8-4-5-9-22(21)29/h2-3,6-7,10-11,13-15,21-22,29H,4-5,8-9,12H2,1H3/t21-,22-/m1/s1. The number of aryl methyl sites for hydroxylation is 1. The molecule has 0 spiro atoms. The van der Waals surface area contributed by atoms with Crippen molar-refractivity contribution in [2.75, 3.05) is 0 Å². The van der Waals surface area contributed by atoms with Gasteiger partial charge in [0.1, 0.15) is 0 Å². The number of pyridine rings is 1. The van der Waals surface area contributed by atoms with E-state index in [1.807, 2.05) is 42.6 Å². The molecule has 2 aromatic heterocycles. The zero-order valence-electron chi connectivity index (χ0n) is 17.5. The summed E-state index contributed by atoms with van der Waals surface area (Å²) in [4.78, 5) is 29.9. The van der Waals surface area contributed by atoms with Crippen LogP contribution in [-0.4, -0.2) is 25.3 Å². The monoisotopic (exact) mass is 415 g/mol. The van der Waals surface area contributed by atoms with Gasteiger partial charge in [-0.05, 0) is 41.8 Å². The van der Waals surface area contributed by atoms with Crippen molar-refractivity contribution in [1.82, 2.24) is 14.1 Å². The van der Waals surface area contributed by atoms with E-state index in [1.165, 1.54) is 0 Å². The van der Waals surface area contributed by atoms with Crippen LogP contribution in [0.3, 0.4) is 0 Å². The van der Waals surface area contributed by atoms with Crippen molar-refractivity contribution in [3.05, 3.63) is 86.8 Å². The van der Waals surface area contributed by atoms with Crippen LogP contribution < -0.4 is 11.1 Å². The van der Waals surface area contributed by atoms with Gasteiger partial charge in [-0.25, -0.2) is 4.98 Å². The molecule has 0 unspecified atom stereocenters. The predicted molar refractivity (Wildman–Crippen MR) is 122 cm³/mol. The molecule has 0 aliphatic heterocycles. The van der Waals surface area contributed by atoms with Crippen LogP contribution in [0.5, 0.6) is 0 Å². The third-order valence-corrected chi connectivity index (χ3v) is 6.47. The van der Waals surface area contributed by atoms with Gasteiger partial charge in [-0.3, -0.25) is 14.2 Å². The highest BCUT2D eigenvalue weighted by atomic mass is 16.3. The number of aromatic nitrogens is 3. The fraction of sp³-hybridized carbons (Fsp3) is 0.320. The highest BCUT2D eigenvalue weighted by Gasteiger charge is 2.26. The van der Waals surface area contributed by atoms with E-state index in [0.717, 1.165) is 41.2 Å².